The number of aryl methyl sites for hydroxylation is 1. The number of nitrogens with zero attached hydrogens (tertiary/aromatic N) is 3. The van der Waals surface area contributed by atoms with Gasteiger partial charge in [0.15, 0.2) is 11.4 Å². The lowest BCUT2D eigenvalue weighted by Crippen LogP contribution is -2.38. The van der Waals surface area contributed by atoms with Gasteiger partial charge in [0, 0.05) is 12.4 Å². The van der Waals surface area contributed by atoms with Crippen molar-refractivity contribution < 1.29 is 27.8 Å². The first-order valence-electron chi connectivity index (χ1n) is 13.0. The lowest BCUT2D eigenvalue weighted by atomic mass is 9.88. The third-order valence-corrected chi connectivity index (χ3v) is 6.73. The molecule has 1 aromatic carbocycles. The van der Waals surface area contributed by atoms with Gasteiger partial charge >= 0.3 is 12.1 Å². The highest BCUT2D eigenvalue weighted by Gasteiger charge is 2.31. The van der Waals surface area contributed by atoms with Gasteiger partial charge in [-0.2, -0.15) is 18.3 Å². The second-order valence-corrected chi connectivity index (χ2v) is 10.5. The van der Waals surface area contributed by atoms with Crippen LogP contribution in [0.2, 0.25) is 0 Å². The molecule has 3 aromatic rings. The Kier molecular flexibility index (Phi) is 9.25. The fourth-order valence-electron chi connectivity index (χ4n) is 4.43. The number of hydrogen-bond acceptors (Lipinski definition) is 4. The van der Waals surface area contributed by atoms with Gasteiger partial charge in [-0.3, -0.25) is 0 Å². The lowest BCUT2D eigenvalue weighted by Gasteiger charge is -2.24. The number of ether oxygens (including phenoxy) is 1. The van der Waals surface area contributed by atoms with Crippen LogP contribution in [-0.2, 0) is 23.8 Å². The van der Waals surface area contributed by atoms with Gasteiger partial charge in [-0.1, -0.05) is 39.0 Å². The molecule has 2 heterocycles. The molecule has 0 spiro atoms. The SMILES string of the molecule is C=CCc1cc(C(CC)CCc2cn(-c3ccc(C(F)(F)F)cn3)nc2C(C)C)ccc1OC(C)(C)C(=O)O. The minimum atomic E-state index is -4.44. The largest absolute Gasteiger partial charge is 0.478 e. The van der Waals surface area contributed by atoms with Gasteiger partial charge in [0.25, 0.3) is 0 Å². The number of carboxylic acid groups (broad SMARTS) is 1. The molecule has 0 aliphatic carbocycles. The Bertz CT molecular complexity index is 1300. The standard InChI is InChI=1S/C30H36F3N3O3/c1-7-9-22-16-21(12-14-25(22)39-29(5,6)28(37)38)20(8-2)10-11-23-18-36(35-27(23)19(3)4)26-15-13-24(17-34-26)30(31,32)33/h7,12-20H,1,8-11H2,2-6H3,(H,37,38). The number of carboxylic acids is 1. The van der Waals surface area contributed by atoms with Crippen LogP contribution in [0, 0.1) is 0 Å². The van der Waals surface area contributed by atoms with Crippen molar-refractivity contribution in [2.24, 2.45) is 0 Å². The highest BCUT2D eigenvalue weighted by atomic mass is 19.4. The van der Waals surface area contributed by atoms with Gasteiger partial charge in [0.1, 0.15) is 5.75 Å². The Labute approximate surface area is 227 Å². The van der Waals surface area contributed by atoms with Crippen LogP contribution in [0.1, 0.15) is 87.2 Å². The molecule has 6 nitrogen and oxygen atoms in total. The van der Waals surface area contributed by atoms with E-state index in [1.807, 2.05) is 32.2 Å². The molecule has 2 aromatic heterocycles. The van der Waals surface area contributed by atoms with Crippen LogP contribution in [0.15, 0.2) is 55.4 Å². The lowest BCUT2D eigenvalue weighted by molar-refractivity contribution is -0.152. The van der Waals surface area contributed by atoms with E-state index in [1.54, 1.807) is 10.8 Å². The topological polar surface area (TPSA) is 77.2 Å². The smallest absolute Gasteiger partial charge is 0.417 e. The second kappa shape index (κ2) is 12.1. The highest BCUT2D eigenvalue weighted by molar-refractivity contribution is 5.76. The number of pyridine rings is 1. The van der Waals surface area contributed by atoms with E-state index in [9.17, 15) is 23.1 Å². The fraction of sp³-hybridized carbons (Fsp3) is 0.433. The van der Waals surface area contributed by atoms with Crippen LogP contribution in [0.3, 0.4) is 0 Å². The molecule has 0 saturated heterocycles. The molecule has 0 bridgehead atoms. The summed E-state index contributed by atoms with van der Waals surface area (Å²) in [7, 11) is 0. The zero-order valence-corrected chi connectivity index (χ0v) is 23.0. The molecule has 0 aliphatic heterocycles. The van der Waals surface area contributed by atoms with E-state index >= 15 is 0 Å². The van der Waals surface area contributed by atoms with Gasteiger partial charge in [-0.25, -0.2) is 14.5 Å². The van der Waals surface area contributed by atoms with Crippen LogP contribution < -0.4 is 4.74 Å². The number of hydrogen-bond donors (Lipinski definition) is 1. The summed E-state index contributed by atoms with van der Waals surface area (Å²) in [6.45, 7) is 13.0. The number of aliphatic carboxylic acids is 1. The molecule has 1 unspecified atom stereocenters. The van der Waals surface area contributed by atoms with Crippen molar-refractivity contribution in [3.05, 3.63) is 83.3 Å². The Hall–Kier alpha value is -3.62. The average molecular weight is 544 g/mol. The first kappa shape index (κ1) is 29.9. The molecule has 0 fully saturated rings. The van der Waals surface area contributed by atoms with Gasteiger partial charge in [0.2, 0.25) is 0 Å². The molecular weight excluding hydrogens is 507 g/mol. The van der Waals surface area contributed by atoms with E-state index in [4.69, 9.17) is 4.74 Å². The molecule has 0 aliphatic rings. The van der Waals surface area contributed by atoms with Crippen LogP contribution in [0.25, 0.3) is 5.82 Å². The van der Waals surface area contributed by atoms with E-state index in [2.05, 4.69) is 29.7 Å². The minimum Gasteiger partial charge on any atom is -0.478 e. The Morgan fingerprint density at radius 2 is 1.90 bits per heavy atom. The van der Waals surface area contributed by atoms with Crippen LogP contribution >= 0.6 is 0 Å². The van der Waals surface area contributed by atoms with Crippen molar-refractivity contribution in [1.29, 1.82) is 0 Å². The van der Waals surface area contributed by atoms with E-state index in [1.165, 1.54) is 19.9 Å². The summed E-state index contributed by atoms with van der Waals surface area (Å²) in [4.78, 5) is 15.5. The van der Waals surface area contributed by atoms with Gasteiger partial charge in [-0.05, 0) is 86.3 Å². The van der Waals surface area contributed by atoms with Crippen LogP contribution in [0.4, 0.5) is 13.2 Å². The molecule has 3 rings (SSSR count). The summed E-state index contributed by atoms with van der Waals surface area (Å²) >= 11 is 0. The summed E-state index contributed by atoms with van der Waals surface area (Å²) in [6.07, 6.45) is 2.99. The molecule has 0 radical (unpaired) electrons. The molecular formula is C30H36F3N3O3. The molecule has 1 atom stereocenters. The number of rotatable bonds is 12. The van der Waals surface area contributed by atoms with E-state index < -0.39 is 23.3 Å². The van der Waals surface area contributed by atoms with E-state index in [0.29, 0.717) is 18.0 Å². The second-order valence-electron chi connectivity index (χ2n) is 10.5. The van der Waals surface area contributed by atoms with Crippen molar-refractivity contribution in [1.82, 2.24) is 14.8 Å². The number of benzene rings is 1. The van der Waals surface area contributed by atoms with Crippen molar-refractivity contribution in [2.75, 3.05) is 0 Å². The normalized spacial score (nSPS) is 12.9. The van der Waals surface area contributed by atoms with Crippen molar-refractivity contribution in [3.63, 3.8) is 0 Å². The monoisotopic (exact) mass is 543 g/mol. The zero-order chi connectivity index (χ0) is 29.0. The Morgan fingerprint density at radius 3 is 2.44 bits per heavy atom. The van der Waals surface area contributed by atoms with E-state index in [-0.39, 0.29) is 11.8 Å². The van der Waals surface area contributed by atoms with Gasteiger partial charge < -0.3 is 9.84 Å². The summed E-state index contributed by atoms with van der Waals surface area (Å²) in [5, 5.41) is 14.1. The molecule has 0 amide bonds. The fourth-order valence-corrected chi connectivity index (χ4v) is 4.43. The third kappa shape index (κ3) is 7.28. The third-order valence-electron chi connectivity index (χ3n) is 6.73. The average Bonchev–Trinajstić information content (AvgIpc) is 3.30. The Balaban J connectivity index is 1.84. The number of alkyl halides is 3. The molecule has 9 heteroatoms. The number of halogens is 3. The maximum Gasteiger partial charge on any atom is 0.417 e. The summed E-state index contributed by atoms with van der Waals surface area (Å²) in [5.74, 6) is 0.160. The van der Waals surface area contributed by atoms with E-state index in [0.717, 1.165) is 53.9 Å². The number of aromatic nitrogens is 3. The molecule has 39 heavy (non-hydrogen) atoms. The van der Waals surface area contributed by atoms with Gasteiger partial charge in [-0.15, -0.1) is 6.58 Å². The maximum atomic E-state index is 12.9. The summed E-state index contributed by atoms with van der Waals surface area (Å²) in [5.41, 5.74) is 1.75. The zero-order valence-electron chi connectivity index (χ0n) is 23.0. The van der Waals surface area contributed by atoms with Crippen molar-refractivity contribution in [3.8, 4) is 11.6 Å². The molecule has 0 saturated carbocycles. The first-order valence-corrected chi connectivity index (χ1v) is 13.0. The predicted molar refractivity (Wildman–Crippen MR) is 144 cm³/mol. The number of allylic oxidation sites excluding steroid dienone is 1. The predicted octanol–water partition coefficient (Wildman–Crippen LogP) is 7.51. The number of carbonyl (C=O) groups is 1. The minimum absolute atomic E-state index is 0.129. The maximum absolute atomic E-state index is 12.9. The summed E-state index contributed by atoms with van der Waals surface area (Å²) in [6, 6.07) is 8.21. The molecule has 210 valence electrons. The Morgan fingerprint density at radius 1 is 1.18 bits per heavy atom. The van der Waals surface area contributed by atoms with Gasteiger partial charge in [0.05, 0.1) is 11.3 Å². The highest BCUT2D eigenvalue weighted by Crippen LogP contribution is 2.33. The summed E-state index contributed by atoms with van der Waals surface area (Å²) < 4.78 is 46.2. The van der Waals surface area contributed by atoms with Crippen LogP contribution in [-0.4, -0.2) is 31.4 Å². The van der Waals surface area contributed by atoms with Crippen LogP contribution in [0.5, 0.6) is 5.75 Å². The quantitative estimate of drug-likeness (QED) is 0.239. The molecule has 1 N–H and O–H groups in total. The van der Waals surface area contributed by atoms with Crippen molar-refractivity contribution in [2.45, 2.75) is 83.9 Å². The van der Waals surface area contributed by atoms with Crippen molar-refractivity contribution >= 4 is 5.97 Å². The first-order chi connectivity index (χ1) is 18.3.